The zero-order valence-corrected chi connectivity index (χ0v) is 24.6. The number of sulfonamides is 1. The summed E-state index contributed by atoms with van der Waals surface area (Å²) in [4.78, 5) is 25.0. The molecule has 1 N–H and O–H groups in total. The van der Waals surface area contributed by atoms with E-state index in [2.05, 4.69) is 18.0 Å². The van der Waals surface area contributed by atoms with Gasteiger partial charge in [0.15, 0.2) is 0 Å². The number of halogens is 3. The van der Waals surface area contributed by atoms with Gasteiger partial charge in [0.1, 0.15) is 0 Å². The van der Waals surface area contributed by atoms with Gasteiger partial charge in [-0.2, -0.15) is 13.2 Å². The molecular weight excluding hydrogens is 543 g/mol. The van der Waals surface area contributed by atoms with E-state index >= 15 is 0 Å². The third-order valence-electron chi connectivity index (χ3n) is 7.84. The van der Waals surface area contributed by atoms with Crippen molar-refractivity contribution in [3.8, 4) is 0 Å². The third-order valence-corrected chi connectivity index (χ3v) is 9.71. The zero-order valence-electron chi connectivity index (χ0n) is 23.7. The van der Waals surface area contributed by atoms with Crippen molar-refractivity contribution in [2.24, 2.45) is 11.8 Å². The van der Waals surface area contributed by atoms with Crippen molar-refractivity contribution in [3.63, 3.8) is 0 Å². The molecule has 0 radical (unpaired) electrons. The first kappa shape index (κ1) is 31.9. The van der Waals surface area contributed by atoms with Crippen molar-refractivity contribution in [3.05, 3.63) is 46.3 Å². The van der Waals surface area contributed by atoms with E-state index < -0.39 is 22.1 Å². The third kappa shape index (κ3) is 8.44. The van der Waals surface area contributed by atoms with E-state index in [-0.39, 0.29) is 49.2 Å². The summed E-state index contributed by atoms with van der Waals surface area (Å²) < 4.78 is 66.7. The highest BCUT2D eigenvalue weighted by Gasteiger charge is 2.41. The van der Waals surface area contributed by atoms with E-state index in [4.69, 9.17) is 0 Å². The lowest BCUT2D eigenvalue weighted by Gasteiger charge is -2.28. The number of nitrogens with zero attached hydrogens (tertiary/aromatic N) is 2. The lowest BCUT2D eigenvalue weighted by atomic mass is 9.81. The highest BCUT2D eigenvalue weighted by molar-refractivity contribution is 7.89. The summed E-state index contributed by atoms with van der Waals surface area (Å²) in [5, 5.41) is 3.00. The quantitative estimate of drug-likeness (QED) is 0.469. The number of benzene rings is 1. The van der Waals surface area contributed by atoms with Crippen LogP contribution >= 0.6 is 0 Å². The second kappa shape index (κ2) is 13.4. The fourth-order valence-corrected chi connectivity index (χ4v) is 7.06. The Bertz CT molecular complexity index is 1250. The number of carbonyl (C=O) groups is 2. The summed E-state index contributed by atoms with van der Waals surface area (Å²) in [5.74, 6) is -1.55. The first-order chi connectivity index (χ1) is 18.7. The van der Waals surface area contributed by atoms with Crippen LogP contribution in [0.15, 0.2) is 29.6 Å². The largest absolute Gasteiger partial charge is 0.471 e. The number of anilines is 1. The minimum Gasteiger partial charge on any atom is -0.323 e. The van der Waals surface area contributed by atoms with Crippen LogP contribution in [0.2, 0.25) is 0 Å². The molecule has 0 aromatic heterocycles. The SMILES string of the molecule is Cc1cc(N(C)C(=O)C(F)(F)F)cc(C)c1CCS(=O)(=O)N1CCCC=C=C(C2CCCC(C)C2)NC(=O)CC1. The molecule has 0 spiro atoms. The molecule has 3 rings (SSSR count). The van der Waals surface area contributed by atoms with Gasteiger partial charge in [0, 0.05) is 38.2 Å². The van der Waals surface area contributed by atoms with E-state index in [0.29, 0.717) is 40.3 Å². The standard InChI is InChI=1S/C29H40F3N3O4S/c1-20-9-8-10-23(17-20)26-11-6-5-7-14-35(15-12-27(36)33-26)40(38,39)16-13-25-21(2)18-24(19-22(25)3)34(4)28(37)29(30,31)32/h6,18-20,23H,5,7-10,12-17H2,1-4H3,(H,33,36). The van der Waals surface area contributed by atoms with Crippen molar-refractivity contribution in [1.29, 1.82) is 0 Å². The van der Waals surface area contributed by atoms with Gasteiger partial charge in [-0.3, -0.25) is 9.59 Å². The monoisotopic (exact) mass is 583 g/mol. The molecule has 1 saturated carbocycles. The molecule has 7 nitrogen and oxygen atoms in total. The molecule has 2 amide bonds. The number of amides is 2. The van der Waals surface area contributed by atoms with Gasteiger partial charge in [-0.25, -0.2) is 12.7 Å². The Morgan fingerprint density at radius 3 is 2.45 bits per heavy atom. The van der Waals surface area contributed by atoms with Crippen molar-refractivity contribution >= 4 is 27.5 Å². The lowest BCUT2D eigenvalue weighted by Crippen LogP contribution is -2.38. The number of allylic oxidation sites excluding steroid dienone is 1. The molecule has 2 aliphatic rings. The molecular formula is C29H40F3N3O4S. The summed E-state index contributed by atoms with van der Waals surface area (Å²) in [7, 11) is -2.66. The second-order valence-corrected chi connectivity index (χ2v) is 13.1. The van der Waals surface area contributed by atoms with Gasteiger partial charge in [-0.05, 0) is 86.8 Å². The van der Waals surface area contributed by atoms with Crippen LogP contribution in [0.25, 0.3) is 0 Å². The van der Waals surface area contributed by atoms with E-state index in [9.17, 15) is 31.2 Å². The van der Waals surface area contributed by atoms with Crippen molar-refractivity contribution in [2.45, 2.75) is 78.3 Å². The second-order valence-electron chi connectivity index (χ2n) is 11.1. The molecule has 222 valence electrons. The normalized spacial score (nSPS) is 21.8. The number of hydrogen-bond donors (Lipinski definition) is 1. The minimum absolute atomic E-state index is 0.0407. The fraction of sp³-hybridized carbons (Fsp3) is 0.621. The molecule has 1 aromatic carbocycles. The first-order valence-corrected chi connectivity index (χ1v) is 15.5. The summed E-state index contributed by atoms with van der Waals surface area (Å²) in [5.41, 5.74) is 6.09. The van der Waals surface area contributed by atoms with Gasteiger partial charge < -0.3 is 10.2 Å². The van der Waals surface area contributed by atoms with E-state index in [1.165, 1.54) is 22.9 Å². The lowest BCUT2D eigenvalue weighted by molar-refractivity contribution is -0.170. The number of hydrogen-bond acceptors (Lipinski definition) is 4. The van der Waals surface area contributed by atoms with Crippen LogP contribution in [-0.4, -0.2) is 56.6 Å². The first-order valence-electron chi connectivity index (χ1n) is 13.9. The Kier molecular flexibility index (Phi) is 10.7. The molecule has 1 aliphatic carbocycles. The zero-order chi connectivity index (χ0) is 29.7. The van der Waals surface area contributed by atoms with Crippen LogP contribution in [0.5, 0.6) is 0 Å². The topological polar surface area (TPSA) is 86.8 Å². The minimum atomic E-state index is -5.00. The predicted molar refractivity (Wildman–Crippen MR) is 149 cm³/mol. The highest BCUT2D eigenvalue weighted by atomic mass is 32.2. The average Bonchev–Trinajstić information content (AvgIpc) is 2.91. The maximum absolute atomic E-state index is 13.3. The Morgan fingerprint density at radius 1 is 1.15 bits per heavy atom. The van der Waals surface area contributed by atoms with Gasteiger partial charge in [0.05, 0.1) is 11.4 Å². The van der Waals surface area contributed by atoms with Crippen molar-refractivity contribution in [1.82, 2.24) is 9.62 Å². The molecule has 0 saturated heterocycles. The molecule has 2 atom stereocenters. The summed E-state index contributed by atoms with van der Waals surface area (Å²) in [6, 6.07) is 2.92. The van der Waals surface area contributed by atoms with Gasteiger partial charge in [-0.1, -0.05) is 19.8 Å². The molecule has 0 bridgehead atoms. The summed E-state index contributed by atoms with van der Waals surface area (Å²) in [6.07, 6.45) is 2.64. The predicted octanol–water partition coefficient (Wildman–Crippen LogP) is 5.17. The number of nitrogens with one attached hydrogen (secondary N) is 1. The maximum Gasteiger partial charge on any atom is 0.471 e. The number of rotatable bonds is 6. The van der Waals surface area contributed by atoms with Crippen LogP contribution in [-0.2, 0) is 26.0 Å². The van der Waals surface area contributed by atoms with E-state index in [0.717, 1.165) is 32.0 Å². The molecule has 2 unspecified atom stereocenters. The molecule has 11 heteroatoms. The molecule has 1 aromatic rings. The molecule has 1 heterocycles. The van der Waals surface area contributed by atoms with Gasteiger partial charge in [0.25, 0.3) is 0 Å². The fourth-order valence-electron chi connectivity index (χ4n) is 5.56. The Morgan fingerprint density at radius 2 is 1.82 bits per heavy atom. The van der Waals surface area contributed by atoms with Crippen LogP contribution in [0.3, 0.4) is 0 Å². The number of alkyl halides is 3. The van der Waals surface area contributed by atoms with Crippen LogP contribution in [0.4, 0.5) is 18.9 Å². The smallest absolute Gasteiger partial charge is 0.323 e. The van der Waals surface area contributed by atoms with Gasteiger partial charge >= 0.3 is 12.1 Å². The molecule has 40 heavy (non-hydrogen) atoms. The molecule has 1 aliphatic heterocycles. The van der Waals surface area contributed by atoms with Crippen LogP contribution in [0, 0.1) is 25.7 Å². The maximum atomic E-state index is 13.3. The van der Waals surface area contributed by atoms with Crippen molar-refractivity contribution < 1.29 is 31.2 Å². The van der Waals surface area contributed by atoms with E-state index in [1.54, 1.807) is 13.8 Å². The Hall–Kier alpha value is -2.62. The summed E-state index contributed by atoms with van der Waals surface area (Å²) in [6.45, 7) is 5.95. The Labute approximate surface area is 235 Å². The number of aryl methyl sites for hydroxylation is 2. The Balaban J connectivity index is 1.67. The van der Waals surface area contributed by atoms with Gasteiger partial charge in [0.2, 0.25) is 15.9 Å². The van der Waals surface area contributed by atoms with Gasteiger partial charge in [-0.15, -0.1) is 5.73 Å². The van der Waals surface area contributed by atoms with Crippen LogP contribution < -0.4 is 10.2 Å². The van der Waals surface area contributed by atoms with E-state index in [1.807, 2.05) is 6.08 Å². The average molecular weight is 584 g/mol. The highest BCUT2D eigenvalue weighted by Crippen LogP contribution is 2.32. The molecule has 1 fully saturated rings. The van der Waals surface area contributed by atoms with Crippen LogP contribution in [0.1, 0.15) is 68.6 Å². The number of carbonyl (C=O) groups excluding carboxylic acids is 2. The summed E-state index contributed by atoms with van der Waals surface area (Å²) >= 11 is 0. The van der Waals surface area contributed by atoms with Crippen molar-refractivity contribution in [2.75, 3.05) is 30.8 Å².